The van der Waals surface area contributed by atoms with Gasteiger partial charge in [0.2, 0.25) is 0 Å². The summed E-state index contributed by atoms with van der Waals surface area (Å²) in [6.45, 7) is 4.33. The summed E-state index contributed by atoms with van der Waals surface area (Å²) in [7, 11) is 0. The third-order valence-electron chi connectivity index (χ3n) is 7.59. The van der Waals surface area contributed by atoms with Gasteiger partial charge in [-0.05, 0) is 92.6 Å². The SMILES string of the molecule is OCC1CCC(C2CCN(Cc3ccc(C4COc5cccnc5O4)cc3)CC2)CC1. The topological polar surface area (TPSA) is 54.8 Å². The van der Waals surface area contributed by atoms with Crippen LogP contribution in [0, 0.1) is 17.8 Å². The highest BCUT2D eigenvalue weighted by molar-refractivity contribution is 5.35. The second-order valence-corrected chi connectivity index (χ2v) is 9.54. The Hall–Kier alpha value is -2.11. The first-order valence-electron chi connectivity index (χ1n) is 11.9. The van der Waals surface area contributed by atoms with Crippen LogP contribution in [0.5, 0.6) is 11.6 Å². The van der Waals surface area contributed by atoms with Gasteiger partial charge in [0.05, 0.1) is 0 Å². The Morgan fingerprint density at radius 1 is 0.935 bits per heavy atom. The van der Waals surface area contributed by atoms with Crippen LogP contribution >= 0.6 is 0 Å². The molecule has 1 aromatic carbocycles. The van der Waals surface area contributed by atoms with Gasteiger partial charge in [-0.3, -0.25) is 4.90 Å². The predicted molar refractivity (Wildman–Crippen MR) is 120 cm³/mol. The fourth-order valence-corrected chi connectivity index (χ4v) is 5.59. The zero-order valence-corrected chi connectivity index (χ0v) is 18.3. The van der Waals surface area contributed by atoms with E-state index in [2.05, 4.69) is 34.1 Å². The van der Waals surface area contributed by atoms with Gasteiger partial charge in [0, 0.05) is 19.3 Å². The molecule has 5 heteroatoms. The van der Waals surface area contributed by atoms with E-state index in [0.29, 0.717) is 25.0 Å². The fourth-order valence-electron chi connectivity index (χ4n) is 5.59. The number of fused-ring (bicyclic) bond motifs is 1. The van der Waals surface area contributed by atoms with Crippen molar-refractivity contribution in [3.05, 3.63) is 53.7 Å². The van der Waals surface area contributed by atoms with Crippen molar-refractivity contribution in [1.82, 2.24) is 9.88 Å². The van der Waals surface area contributed by atoms with Crippen molar-refractivity contribution in [2.75, 3.05) is 26.3 Å². The Kier molecular flexibility index (Phi) is 6.42. The van der Waals surface area contributed by atoms with Crippen molar-refractivity contribution in [2.24, 2.45) is 17.8 Å². The molecule has 1 saturated heterocycles. The molecular formula is C26H34N2O3. The summed E-state index contributed by atoms with van der Waals surface area (Å²) in [5.74, 6) is 3.64. The van der Waals surface area contributed by atoms with Gasteiger partial charge in [0.1, 0.15) is 6.61 Å². The number of likely N-dealkylation sites (tertiary alicyclic amines) is 1. The first-order chi connectivity index (χ1) is 15.3. The largest absolute Gasteiger partial charge is 0.484 e. The van der Waals surface area contributed by atoms with E-state index in [9.17, 15) is 5.11 Å². The maximum Gasteiger partial charge on any atom is 0.257 e. The second-order valence-electron chi connectivity index (χ2n) is 9.54. The van der Waals surface area contributed by atoms with Crippen LogP contribution in [0.4, 0.5) is 0 Å². The molecule has 0 spiro atoms. The summed E-state index contributed by atoms with van der Waals surface area (Å²) in [5.41, 5.74) is 2.50. The molecule has 0 radical (unpaired) electrons. The first kappa shape index (κ1) is 20.8. The number of nitrogens with zero attached hydrogens (tertiary/aromatic N) is 2. The Labute approximate surface area is 185 Å². The number of pyridine rings is 1. The molecule has 2 fully saturated rings. The van der Waals surface area contributed by atoms with E-state index >= 15 is 0 Å². The molecule has 1 N–H and O–H groups in total. The molecule has 1 aliphatic carbocycles. The average molecular weight is 423 g/mol. The quantitative estimate of drug-likeness (QED) is 0.763. The first-order valence-corrected chi connectivity index (χ1v) is 11.9. The van der Waals surface area contributed by atoms with E-state index in [1.165, 1.54) is 57.2 Å². The van der Waals surface area contributed by atoms with Crippen molar-refractivity contribution in [1.29, 1.82) is 0 Å². The molecule has 3 aliphatic rings. The molecule has 3 heterocycles. The lowest BCUT2D eigenvalue weighted by Crippen LogP contribution is -2.36. The lowest BCUT2D eigenvalue weighted by atomic mass is 9.73. The van der Waals surface area contributed by atoms with Crippen molar-refractivity contribution in [3.63, 3.8) is 0 Å². The number of rotatable bonds is 5. The summed E-state index contributed by atoms with van der Waals surface area (Å²) >= 11 is 0. The smallest absolute Gasteiger partial charge is 0.257 e. The van der Waals surface area contributed by atoms with Crippen LogP contribution in [-0.4, -0.2) is 41.3 Å². The molecule has 1 saturated carbocycles. The van der Waals surface area contributed by atoms with Crippen molar-refractivity contribution >= 4 is 0 Å². The number of aliphatic hydroxyl groups excluding tert-OH is 1. The van der Waals surface area contributed by atoms with E-state index in [1.807, 2.05) is 12.1 Å². The molecule has 1 aromatic heterocycles. The van der Waals surface area contributed by atoms with Crippen LogP contribution in [0.3, 0.4) is 0 Å². The Morgan fingerprint density at radius 2 is 1.68 bits per heavy atom. The van der Waals surface area contributed by atoms with Crippen LogP contribution in [0.1, 0.15) is 55.8 Å². The minimum absolute atomic E-state index is 0.104. The predicted octanol–water partition coefficient (Wildman–Crippen LogP) is 4.60. The molecule has 1 unspecified atom stereocenters. The van der Waals surface area contributed by atoms with Crippen LogP contribution < -0.4 is 9.47 Å². The van der Waals surface area contributed by atoms with Crippen LogP contribution in [0.2, 0.25) is 0 Å². The molecule has 1 atom stereocenters. The zero-order valence-electron chi connectivity index (χ0n) is 18.3. The minimum Gasteiger partial charge on any atom is -0.484 e. The monoisotopic (exact) mass is 422 g/mol. The molecule has 5 nitrogen and oxygen atoms in total. The molecule has 2 aromatic rings. The Balaban J connectivity index is 1.10. The van der Waals surface area contributed by atoms with E-state index in [4.69, 9.17) is 9.47 Å². The number of benzene rings is 1. The zero-order chi connectivity index (χ0) is 21.0. The minimum atomic E-state index is -0.104. The number of ether oxygens (including phenoxy) is 2. The van der Waals surface area contributed by atoms with E-state index in [-0.39, 0.29) is 6.10 Å². The van der Waals surface area contributed by atoms with Gasteiger partial charge in [-0.2, -0.15) is 0 Å². The van der Waals surface area contributed by atoms with Crippen molar-refractivity contribution in [3.8, 4) is 11.6 Å². The van der Waals surface area contributed by atoms with Gasteiger partial charge in [0.25, 0.3) is 5.88 Å². The van der Waals surface area contributed by atoms with E-state index in [1.54, 1.807) is 6.20 Å². The number of hydrogen-bond acceptors (Lipinski definition) is 5. The normalized spacial score (nSPS) is 27.2. The third-order valence-corrected chi connectivity index (χ3v) is 7.59. The number of piperidine rings is 1. The second kappa shape index (κ2) is 9.58. The van der Waals surface area contributed by atoms with Gasteiger partial charge in [-0.1, -0.05) is 24.3 Å². The number of hydrogen-bond donors (Lipinski definition) is 1. The lowest BCUT2D eigenvalue weighted by Gasteiger charge is -2.39. The summed E-state index contributed by atoms with van der Waals surface area (Å²) in [4.78, 5) is 6.88. The third kappa shape index (κ3) is 4.88. The lowest BCUT2D eigenvalue weighted by molar-refractivity contribution is 0.0850. The summed E-state index contributed by atoms with van der Waals surface area (Å²) in [5, 5.41) is 9.37. The molecule has 0 bridgehead atoms. The fraction of sp³-hybridized carbons (Fsp3) is 0.577. The standard InChI is InChI=1S/C26H34N2O3/c29-17-20-5-7-21(8-6-20)22-11-14-28(15-12-22)16-19-3-9-23(10-4-19)25-18-30-24-2-1-13-27-26(24)31-25/h1-4,9-10,13,20-22,25,29H,5-8,11-12,14-18H2. The Bertz CT molecular complexity index is 840. The maximum atomic E-state index is 9.37. The highest BCUT2D eigenvalue weighted by atomic mass is 16.6. The van der Waals surface area contributed by atoms with Crippen molar-refractivity contribution in [2.45, 2.75) is 51.2 Å². The summed E-state index contributed by atoms with van der Waals surface area (Å²) < 4.78 is 11.8. The summed E-state index contributed by atoms with van der Waals surface area (Å²) in [6.07, 6.45) is 9.38. The highest BCUT2D eigenvalue weighted by Gasteiger charge is 2.30. The van der Waals surface area contributed by atoms with Crippen LogP contribution in [0.15, 0.2) is 42.6 Å². The molecule has 31 heavy (non-hydrogen) atoms. The molecule has 0 amide bonds. The number of aromatic nitrogens is 1. The van der Waals surface area contributed by atoms with Gasteiger partial charge >= 0.3 is 0 Å². The van der Waals surface area contributed by atoms with Crippen molar-refractivity contribution < 1.29 is 14.6 Å². The van der Waals surface area contributed by atoms with E-state index < -0.39 is 0 Å². The summed E-state index contributed by atoms with van der Waals surface area (Å²) in [6, 6.07) is 12.6. The van der Waals surface area contributed by atoms with Crippen LogP contribution in [0.25, 0.3) is 0 Å². The van der Waals surface area contributed by atoms with E-state index in [0.717, 1.165) is 29.7 Å². The Morgan fingerprint density at radius 3 is 2.42 bits per heavy atom. The number of aliphatic hydroxyl groups is 1. The maximum absolute atomic E-state index is 9.37. The van der Waals surface area contributed by atoms with Gasteiger partial charge in [0.15, 0.2) is 11.9 Å². The highest BCUT2D eigenvalue weighted by Crippen LogP contribution is 2.38. The average Bonchev–Trinajstić information content (AvgIpc) is 2.85. The van der Waals surface area contributed by atoms with Gasteiger partial charge in [-0.25, -0.2) is 4.98 Å². The molecule has 5 rings (SSSR count). The molecule has 166 valence electrons. The van der Waals surface area contributed by atoms with Crippen LogP contribution in [-0.2, 0) is 6.54 Å². The molecule has 2 aliphatic heterocycles. The molecular weight excluding hydrogens is 388 g/mol. The van der Waals surface area contributed by atoms with Gasteiger partial charge < -0.3 is 14.6 Å². The van der Waals surface area contributed by atoms with Gasteiger partial charge in [-0.15, -0.1) is 0 Å².